The van der Waals surface area contributed by atoms with Gasteiger partial charge in [0.2, 0.25) is 0 Å². The molecule has 2 aliphatic carbocycles. The lowest BCUT2D eigenvalue weighted by atomic mass is 9.72. The molecule has 43 heavy (non-hydrogen) atoms. The number of hydrogen-bond acceptors (Lipinski definition) is 5. The molecule has 226 valence electrons. The van der Waals surface area contributed by atoms with Gasteiger partial charge < -0.3 is 14.2 Å². The topological polar surface area (TPSA) is 43.3 Å². The number of rotatable bonds is 5. The summed E-state index contributed by atoms with van der Waals surface area (Å²) in [5.74, 6) is -0.864. The predicted molar refractivity (Wildman–Crippen MR) is 169 cm³/mol. The van der Waals surface area contributed by atoms with E-state index in [0.29, 0.717) is 18.8 Å². The first-order valence-electron chi connectivity index (χ1n) is 15.3. The molecule has 0 aromatic heterocycles. The monoisotopic (exact) mass is 586 g/mol. The van der Waals surface area contributed by atoms with Crippen molar-refractivity contribution in [2.75, 3.05) is 53.6 Å². The largest absolute Gasteiger partial charge is 0.494 e. The van der Waals surface area contributed by atoms with Crippen molar-refractivity contribution in [2.45, 2.75) is 38.0 Å². The van der Waals surface area contributed by atoms with Crippen molar-refractivity contribution < 1.29 is 23.0 Å². The maximum absolute atomic E-state index is 15.4. The summed E-state index contributed by atoms with van der Waals surface area (Å²) in [6.07, 6.45) is 12.7. The molecule has 7 heteroatoms. The second kappa shape index (κ2) is 13.0. The van der Waals surface area contributed by atoms with Crippen LogP contribution in [0.5, 0.6) is 11.5 Å². The van der Waals surface area contributed by atoms with Crippen molar-refractivity contribution in [2.24, 2.45) is 10.9 Å². The minimum Gasteiger partial charge on any atom is -0.494 e. The fourth-order valence-electron chi connectivity index (χ4n) is 7.11. The first kappa shape index (κ1) is 29.5. The summed E-state index contributed by atoms with van der Waals surface area (Å²) in [4.78, 5) is 6.34. The smallest absolute Gasteiger partial charge is 0.171 e. The van der Waals surface area contributed by atoms with E-state index in [-0.39, 0.29) is 28.9 Å². The van der Waals surface area contributed by atoms with Crippen LogP contribution >= 0.6 is 0 Å². The third-order valence-corrected chi connectivity index (χ3v) is 9.27. The Hall–Kier alpha value is -3.55. The van der Waals surface area contributed by atoms with Crippen LogP contribution in [0.1, 0.15) is 53.0 Å². The van der Waals surface area contributed by atoms with Crippen molar-refractivity contribution in [1.82, 2.24) is 4.90 Å². The minimum atomic E-state index is -0.627. The van der Waals surface area contributed by atoms with E-state index in [1.165, 1.54) is 53.3 Å². The van der Waals surface area contributed by atoms with E-state index < -0.39 is 11.6 Å². The summed E-state index contributed by atoms with van der Waals surface area (Å²) in [5, 5.41) is 2.41. The molecule has 0 amide bonds. The summed E-state index contributed by atoms with van der Waals surface area (Å²) < 4.78 is 46.8. The molecule has 0 radical (unpaired) electrons. The summed E-state index contributed by atoms with van der Waals surface area (Å²) >= 11 is 0. The second-order valence-electron chi connectivity index (χ2n) is 11.9. The lowest BCUT2D eigenvalue weighted by Crippen LogP contribution is -2.39. The highest BCUT2D eigenvalue weighted by molar-refractivity contribution is 5.95. The highest BCUT2D eigenvalue weighted by Gasteiger charge is 2.33. The van der Waals surface area contributed by atoms with Crippen molar-refractivity contribution in [3.8, 4) is 11.5 Å². The maximum Gasteiger partial charge on any atom is 0.171 e. The van der Waals surface area contributed by atoms with E-state index >= 15 is 8.78 Å². The van der Waals surface area contributed by atoms with Gasteiger partial charge in [-0.2, -0.15) is 0 Å². The summed E-state index contributed by atoms with van der Waals surface area (Å²) in [7, 11) is 2.79. The second-order valence-corrected chi connectivity index (χ2v) is 11.9. The van der Waals surface area contributed by atoms with Gasteiger partial charge in [0.25, 0.3) is 0 Å². The number of fused-ring (bicyclic) bond motifs is 5. The summed E-state index contributed by atoms with van der Waals surface area (Å²) in [5.41, 5.74) is 5.18. The quantitative estimate of drug-likeness (QED) is 0.320. The fourth-order valence-corrected chi connectivity index (χ4v) is 7.11. The van der Waals surface area contributed by atoms with Gasteiger partial charge in [-0.3, -0.25) is 9.89 Å². The van der Waals surface area contributed by atoms with Crippen LogP contribution in [0.2, 0.25) is 0 Å². The third kappa shape index (κ3) is 5.98. The Morgan fingerprint density at radius 3 is 2.37 bits per heavy atom. The molecule has 2 aliphatic heterocycles. The fraction of sp³-hybridized carbons (Fsp3) is 0.417. The molecule has 4 aliphatic rings. The lowest BCUT2D eigenvalue weighted by Gasteiger charge is -2.33. The van der Waals surface area contributed by atoms with E-state index in [9.17, 15) is 0 Å². The van der Waals surface area contributed by atoms with Crippen molar-refractivity contribution in [3.05, 3.63) is 88.0 Å². The van der Waals surface area contributed by atoms with E-state index in [1.807, 2.05) is 12.2 Å². The molecule has 5 nitrogen and oxygen atoms in total. The average Bonchev–Trinajstić information content (AvgIpc) is 3.62. The molecule has 0 N–H and O–H groups in total. The Bertz CT molecular complexity index is 1540. The summed E-state index contributed by atoms with van der Waals surface area (Å²) in [6.45, 7) is 7.74. The Labute approximate surface area is 252 Å². The number of methoxy groups -OCH3 is 2. The zero-order valence-electron chi connectivity index (χ0n) is 25.2. The van der Waals surface area contributed by atoms with Gasteiger partial charge in [0.15, 0.2) is 23.1 Å². The standard InChI is InChI=1S/C32H35F2NO3.C4H5N/c1-19-14-22(30-31(33)28(36-2)17-29(37-3)32(30)34)16-27-23(19)8-9-25-24-6-4-20(15-21(24)5-7-26(25)27)18-35-10-12-38-13-11-35;1-2-4-5-3-1/h4-9,17,19-20,22H,10-16,18H2,1-3H3;1-3H,4H2. The van der Waals surface area contributed by atoms with E-state index in [4.69, 9.17) is 14.2 Å². The van der Waals surface area contributed by atoms with Crippen molar-refractivity contribution in [3.63, 3.8) is 0 Å². The number of nitrogens with zero attached hydrogens (tertiary/aromatic N) is 2. The van der Waals surface area contributed by atoms with Gasteiger partial charge in [0.1, 0.15) is 0 Å². The Morgan fingerprint density at radius 2 is 1.72 bits per heavy atom. The average molecular weight is 587 g/mol. The van der Waals surface area contributed by atoms with Crippen molar-refractivity contribution in [1.29, 1.82) is 0 Å². The van der Waals surface area contributed by atoms with Crippen LogP contribution < -0.4 is 9.47 Å². The molecule has 1 fully saturated rings. The van der Waals surface area contributed by atoms with Crippen LogP contribution in [0.15, 0.2) is 53.6 Å². The SMILES string of the molecule is C1=CCN=C1.COc1cc(OC)c(F)c(C2Cc3c(ccc4c5c(ccc34)CC(CN3CCOCC3)C=C5)C(C)C2)c1F. The van der Waals surface area contributed by atoms with Crippen LogP contribution in [0, 0.1) is 17.6 Å². The maximum atomic E-state index is 15.4. The normalized spacial score (nSPS) is 22.6. The molecule has 2 heterocycles. The first-order valence-corrected chi connectivity index (χ1v) is 15.3. The molecule has 3 aromatic carbocycles. The highest BCUT2D eigenvalue weighted by Crippen LogP contribution is 2.47. The number of benzene rings is 3. The first-order chi connectivity index (χ1) is 21.0. The number of halogens is 2. The highest BCUT2D eigenvalue weighted by atomic mass is 19.1. The molecule has 1 saturated heterocycles. The minimum absolute atomic E-state index is 0.0143. The van der Waals surface area contributed by atoms with E-state index in [2.05, 4.69) is 53.2 Å². The van der Waals surface area contributed by atoms with Crippen LogP contribution in [-0.2, 0) is 17.6 Å². The molecule has 0 saturated carbocycles. The molecule has 3 unspecified atom stereocenters. The Balaban J connectivity index is 0.000000599. The van der Waals surface area contributed by atoms with Crippen LogP contribution in [-0.4, -0.2) is 64.7 Å². The van der Waals surface area contributed by atoms with Gasteiger partial charge in [-0.1, -0.05) is 49.4 Å². The van der Waals surface area contributed by atoms with Crippen LogP contribution in [0.4, 0.5) is 8.78 Å². The Kier molecular flexibility index (Phi) is 8.91. The van der Waals surface area contributed by atoms with Crippen LogP contribution in [0.25, 0.3) is 16.8 Å². The number of hydrogen-bond donors (Lipinski definition) is 0. The van der Waals surface area contributed by atoms with Crippen molar-refractivity contribution >= 4 is 23.1 Å². The third-order valence-electron chi connectivity index (χ3n) is 9.27. The van der Waals surface area contributed by atoms with E-state index in [0.717, 1.165) is 45.8 Å². The predicted octanol–water partition coefficient (Wildman–Crippen LogP) is 7.11. The number of morpholine rings is 1. The molecule has 3 atom stereocenters. The molecule has 3 aromatic rings. The van der Waals surface area contributed by atoms with Gasteiger partial charge in [0.05, 0.1) is 34.0 Å². The lowest BCUT2D eigenvalue weighted by molar-refractivity contribution is 0.0334. The van der Waals surface area contributed by atoms with Gasteiger partial charge in [-0.05, 0) is 76.1 Å². The van der Waals surface area contributed by atoms with Gasteiger partial charge in [0, 0.05) is 37.5 Å². The van der Waals surface area contributed by atoms with Crippen LogP contribution in [0.3, 0.4) is 0 Å². The molecular weight excluding hydrogens is 546 g/mol. The Morgan fingerprint density at radius 1 is 0.977 bits per heavy atom. The van der Waals surface area contributed by atoms with Gasteiger partial charge in [-0.15, -0.1) is 0 Å². The zero-order valence-corrected chi connectivity index (χ0v) is 25.2. The molecule has 0 spiro atoms. The molecule has 7 rings (SSSR count). The molecule has 0 bridgehead atoms. The van der Waals surface area contributed by atoms with Gasteiger partial charge in [-0.25, -0.2) is 8.78 Å². The molecular formula is C36H40F2N2O3. The van der Waals surface area contributed by atoms with E-state index in [1.54, 1.807) is 6.21 Å². The summed E-state index contributed by atoms with van der Waals surface area (Å²) in [6, 6.07) is 10.2. The number of aliphatic imine (C=N–C) groups is 1. The zero-order chi connectivity index (χ0) is 29.9. The number of ether oxygens (including phenoxy) is 3. The number of allylic oxidation sites excluding steroid dienone is 1. The van der Waals surface area contributed by atoms with Gasteiger partial charge >= 0.3 is 0 Å².